The van der Waals surface area contributed by atoms with Gasteiger partial charge in [0.2, 0.25) is 5.88 Å². The van der Waals surface area contributed by atoms with Crippen LogP contribution in [0.4, 0.5) is 11.4 Å². The lowest BCUT2D eigenvalue weighted by atomic mass is 10.1. The van der Waals surface area contributed by atoms with E-state index in [1.54, 1.807) is 18.7 Å². The number of aromatic nitrogens is 3. The molecule has 0 aliphatic rings. The van der Waals surface area contributed by atoms with Gasteiger partial charge in [0, 0.05) is 12.7 Å². The maximum atomic E-state index is 13.1. The standard InChI is InChI=1S/C20H23N5O4S/c1-12-7-6-8-13(2)18(12)24-30(27,28)17-9-15(10-21-20(17)29-5)23-19(26)16-11-22-25(4)14(16)3/h6-11,24H,1-5H3,(H,23,26). The summed E-state index contributed by atoms with van der Waals surface area (Å²) < 4.78 is 35.5. The topological polar surface area (TPSA) is 115 Å². The summed E-state index contributed by atoms with van der Waals surface area (Å²) in [4.78, 5) is 16.4. The molecule has 0 radical (unpaired) electrons. The van der Waals surface area contributed by atoms with Gasteiger partial charge in [-0.05, 0) is 38.0 Å². The molecule has 9 nitrogen and oxygen atoms in total. The lowest BCUT2D eigenvalue weighted by Crippen LogP contribution is -2.18. The van der Waals surface area contributed by atoms with E-state index in [0.717, 1.165) is 11.1 Å². The third kappa shape index (κ3) is 4.13. The number of nitrogens with zero attached hydrogens (tertiary/aromatic N) is 3. The smallest absolute Gasteiger partial charge is 0.267 e. The molecule has 1 aromatic carbocycles. The minimum Gasteiger partial charge on any atom is -0.480 e. The molecule has 0 saturated carbocycles. The second-order valence-electron chi connectivity index (χ2n) is 6.83. The van der Waals surface area contributed by atoms with Crippen LogP contribution < -0.4 is 14.8 Å². The van der Waals surface area contributed by atoms with Crippen molar-refractivity contribution < 1.29 is 17.9 Å². The molecule has 0 aliphatic heterocycles. The number of rotatable bonds is 6. The van der Waals surface area contributed by atoms with Gasteiger partial charge in [0.15, 0.2) is 4.90 Å². The summed E-state index contributed by atoms with van der Waals surface area (Å²) in [6.45, 7) is 5.39. The molecule has 0 fully saturated rings. The Balaban J connectivity index is 1.96. The van der Waals surface area contributed by atoms with Crippen LogP contribution in [0.1, 0.15) is 27.2 Å². The minimum absolute atomic E-state index is 0.0794. The Bertz CT molecular complexity index is 1200. The number of methoxy groups -OCH3 is 1. The van der Waals surface area contributed by atoms with Gasteiger partial charge in [-0.3, -0.25) is 14.2 Å². The molecule has 3 rings (SSSR count). The molecule has 2 aromatic heterocycles. The van der Waals surface area contributed by atoms with Crippen LogP contribution in [0.2, 0.25) is 0 Å². The lowest BCUT2D eigenvalue weighted by molar-refractivity contribution is 0.102. The average molecular weight is 430 g/mol. The molecular weight excluding hydrogens is 406 g/mol. The van der Waals surface area contributed by atoms with Crippen molar-refractivity contribution in [3.05, 3.63) is 59.0 Å². The van der Waals surface area contributed by atoms with Gasteiger partial charge in [0.05, 0.1) is 36.4 Å². The Morgan fingerprint density at radius 1 is 1.13 bits per heavy atom. The van der Waals surface area contributed by atoms with Gasteiger partial charge in [-0.25, -0.2) is 13.4 Å². The summed E-state index contributed by atoms with van der Waals surface area (Å²) in [6, 6.07) is 6.78. The van der Waals surface area contributed by atoms with Crippen molar-refractivity contribution in [1.29, 1.82) is 0 Å². The van der Waals surface area contributed by atoms with Gasteiger partial charge in [0.25, 0.3) is 15.9 Å². The van der Waals surface area contributed by atoms with E-state index in [0.29, 0.717) is 16.9 Å². The summed E-state index contributed by atoms with van der Waals surface area (Å²) in [5.74, 6) is -0.497. The Kier molecular flexibility index (Phi) is 5.79. The van der Waals surface area contributed by atoms with Crippen LogP contribution >= 0.6 is 0 Å². The van der Waals surface area contributed by atoms with Crippen molar-refractivity contribution in [1.82, 2.24) is 14.8 Å². The Morgan fingerprint density at radius 2 is 1.80 bits per heavy atom. The summed E-state index contributed by atoms with van der Waals surface area (Å²) >= 11 is 0. The van der Waals surface area contributed by atoms with Crippen molar-refractivity contribution >= 4 is 27.3 Å². The van der Waals surface area contributed by atoms with Gasteiger partial charge in [-0.2, -0.15) is 5.10 Å². The summed E-state index contributed by atoms with van der Waals surface area (Å²) in [5, 5.41) is 6.70. The first-order valence-electron chi connectivity index (χ1n) is 9.07. The average Bonchev–Trinajstić information content (AvgIpc) is 3.03. The molecule has 0 saturated heterocycles. The van der Waals surface area contributed by atoms with Crippen LogP contribution in [0.3, 0.4) is 0 Å². The zero-order valence-electron chi connectivity index (χ0n) is 17.3. The molecule has 2 heterocycles. The number of carbonyl (C=O) groups excluding carboxylic acids is 1. The van der Waals surface area contributed by atoms with Crippen LogP contribution in [0, 0.1) is 20.8 Å². The zero-order valence-corrected chi connectivity index (χ0v) is 18.2. The van der Waals surface area contributed by atoms with E-state index in [1.807, 2.05) is 32.0 Å². The molecule has 30 heavy (non-hydrogen) atoms. The van der Waals surface area contributed by atoms with Crippen molar-refractivity contribution in [2.45, 2.75) is 25.7 Å². The van der Waals surface area contributed by atoms with Crippen molar-refractivity contribution in [2.24, 2.45) is 7.05 Å². The molecule has 3 aromatic rings. The monoisotopic (exact) mass is 429 g/mol. The van der Waals surface area contributed by atoms with Gasteiger partial charge < -0.3 is 10.1 Å². The number of hydrogen-bond donors (Lipinski definition) is 2. The van der Waals surface area contributed by atoms with Crippen LogP contribution in [0.5, 0.6) is 5.88 Å². The first kappa shape index (κ1) is 21.3. The van der Waals surface area contributed by atoms with E-state index in [9.17, 15) is 13.2 Å². The normalized spacial score (nSPS) is 11.2. The van der Waals surface area contributed by atoms with Gasteiger partial charge in [0.1, 0.15) is 0 Å². The predicted molar refractivity (Wildman–Crippen MR) is 113 cm³/mol. The van der Waals surface area contributed by atoms with E-state index < -0.39 is 15.9 Å². The van der Waals surface area contributed by atoms with Crippen molar-refractivity contribution in [3.63, 3.8) is 0 Å². The molecule has 0 atom stereocenters. The number of amides is 1. The quantitative estimate of drug-likeness (QED) is 0.623. The Morgan fingerprint density at radius 3 is 2.37 bits per heavy atom. The summed E-state index contributed by atoms with van der Waals surface area (Å²) in [5.41, 5.74) is 3.32. The number of hydrogen-bond acceptors (Lipinski definition) is 6. The van der Waals surface area contributed by atoms with Crippen molar-refractivity contribution in [3.8, 4) is 5.88 Å². The second kappa shape index (κ2) is 8.15. The van der Waals surface area contributed by atoms with E-state index >= 15 is 0 Å². The lowest BCUT2D eigenvalue weighted by Gasteiger charge is -2.15. The molecule has 1 amide bonds. The number of ether oxygens (including phenoxy) is 1. The van der Waals surface area contributed by atoms with Crippen LogP contribution in [-0.2, 0) is 17.1 Å². The summed E-state index contributed by atoms with van der Waals surface area (Å²) in [6.07, 6.45) is 2.78. The number of para-hydroxylation sites is 1. The van der Waals surface area contributed by atoms with E-state index in [1.165, 1.54) is 25.6 Å². The number of benzene rings is 1. The fraction of sp³-hybridized carbons (Fsp3) is 0.250. The first-order valence-corrected chi connectivity index (χ1v) is 10.6. The number of carbonyl (C=O) groups is 1. The van der Waals surface area contributed by atoms with E-state index in [4.69, 9.17) is 4.74 Å². The highest BCUT2D eigenvalue weighted by molar-refractivity contribution is 7.92. The van der Waals surface area contributed by atoms with E-state index in [2.05, 4.69) is 20.1 Å². The number of aryl methyl sites for hydroxylation is 3. The maximum Gasteiger partial charge on any atom is 0.267 e. The molecule has 0 unspecified atom stereocenters. The predicted octanol–water partition coefficient (Wildman–Crippen LogP) is 2.80. The van der Waals surface area contributed by atoms with Crippen LogP contribution in [0.15, 0.2) is 41.6 Å². The first-order chi connectivity index (χ1) is 14.1. The largest absolute Gasteiger partial charge is 0.480 e. The molecule has 2 N–H and O–H groups in total. The van der Waals surface area contributed by atoms with E-state index in [-0.39, 0.29) is 16.5 Å². The fourth-order valence-corrected chi connectivity index (χ4v) is 4.28. The number of sulfonamides is 1. The number of anilines is 2. The minimum atomic E-state index is -4.03. The molecule has 0 aliphatic carbocycles. The zero-order chi connectivity index (χ0) is 22.1. The fourth-order valence-electron chi connectivity index (χ4n) is 2.93. The Labute approximate surface area is 175 Å². The highest BCUT2D eigenvalue weighted by atomic mass is 32.2. The number of pyridine rings is 1. The SMILES string of the molecule is COc1ncc(NC(=O)c2cnn(C)c2C)cc1S(=O)(=O)Nc1c(C)cccc1C. The molecule has 0 spiro atoms. The molecule has 10 heteroatoms. The van der Waals surface area contributed by atoms with Crippen molar-refractivity contribution in [2.75, 3.05) is 17.1 Å². The molecule has 0 bridgehead atoms. The summed E-state index contributed by atoms with van der Waals surface area (Å²) in [7, 11) is -0.975. The van der Waals surface area contributed by atoms with Crippen LogP contribution in [0.25, 0.3) is 0 Å². The highest BCUT2D eigenvalue weighted by Gasteiger charge is 2.24. The number of nitrogens with one attached hydrogen (secondary N) is 2. The molecular formula is C20H23N5O4S. The van der Waals surface area contributed by atoms with Gasteiger partial charge >= 0.3 is 0 Å². The maximum absolute atomic E-state index is 13.1. The third-order valence-electron chi connectivity index (χ3n) is 4.76. The molecule has 158 valence electrons. The van der Waals surface area contributed by atoms with Crippen LogP contribution in [-0.4, -0.2) is 36.2 Å². The highest BCUT2D eigenvalue weighted by Crippen LogP contribution is 2.29. The Hall–Kier alpha value is -3.40. The van der Waals surface area contributed by atoms with Gasteiger partial charge in [-0.15, -0.1) is 0 Å². The van der Waals surface area contributed by atoms with Gasteiger partial charge in [-0.1, -0.05) is 18.2 Å². The third-order valence-corrected chi connectivity index (χ3v) is 6.10. The second-order valence-corrected chi connectivity index (χ2v) is 8.48.